The Labute approximate surface area is 86.2 Å². The van der Waals surface area contributed by atoms with E-state index in [0.717, 1.165) is 32.1 Å². The number of ketones is 1. The number of rotatable bonds is 1. The molecule has 0 radical (unpaired) electrons. The van der Waals surface area contributed by atoms with Gasteiger partial charge in [-0.1, -0.05) is 25.7 Å². The standard InChI is InChI=1S/C12H21NO/c13-12(8-4-1-5-9-12)10-6-2-3-7-11(10)14/h10H,1-9,13H2. The largest absolute Gasteiger partial charge is 0.324 e. The second-order valence-electron chi connectivity index (χ2n) is 5.06. The Balaban J connectivity index is 2.06. The summed E-state index contributed by atoms with van der Waals surface area (Å²) in [5.74, 6) is 0.636. The summed E-state index contributed by atoms with van der Waals surface area (Å²) in [6, 6.07) is 0. The van der Waals surface area contributed by atoms with Gasteiger partial charge >= 0.3 is 0 Å². The van der Waals surface area contributed by atoms with Crippen LogP contribution in [-0.4, -0.2) is 11.3 Å². The Bertz CT molecular complexity index is 218. The third kappa shape index (κ3) is 1.85. The van der Waals surface area contributed by atoms with Crippen molar-refractivity contribution in [1.82, 2.24) is 0 Å². The van der Waals surface area contributed by atoms with E-state index in [9.17, 15) is 4.79 Å². The summed E-state index contributed by atoms with van der Waals surface area (Å²) in [5.41, 5.74) is 6.27. The topological polar surface area (TPSA) is 43.1 Å². The minimum atomic E-state index is -0.129. The predicted octanol–water partition coefficient (Wildman–Crippen LogP) is 2.41. The Morgan fingerprint density at radius 3 is 2.43 bits per heavy atom. The van der Waals surface area contributed by atoms with Gasteiger partial charge in [-0.3, -0.25) is 4.79 Å². The maximum atomic E-state index is 11.8. The molecule has 0 aromatic heterocycles. The highest BCUT2D eigenvalue weighted by molar-refractivity contribution is 5.83. The van der Waals surface area contributed by atoms with Crippen LogP contribution in [0.3, 0.4) is 0 Å². The summed E-state index contributed by atoms with van der Waals surface area (Å²) in [6.45, 7) is 0. The van der Waals surface area contributed by atoms with Gasteiger partial charge in [-0.2, -0.15) is 0 Å². The van der Waals surface area contributed by atoms with Crippen LogP contribution in [-0.2, 0) is 4.79 Å². The van der Waals surface area contributed by atoms with Gasteiger partial charge < -0.3 is 5.73 Å². The van der Waals surface area contributed by atoms with Gasteiger partial charge in [-0.15, -0.1) is 0 Å². The first-order chi connectivity index (χ1) is 6.72. The zero-order chi connectivity index (χ0) is 10.0. The van der Waals surface area contributed by atoms with Crippen LogP contribution in [0.2, 0.25) is 0 Å². The maximum absolute atomic E-state index is 11.8. The molecule has 1 atom stereocenters. The lowest BCUT2D eigenvalue weighted by Gasteiger charge is -2.41. The van der Waals surface area contributed by atoms with E-state index in [1.54, 1.807) is 0 Å². The van der Waals surface area contributed by atoms with Gasteiger partial charge in [-0.05, 0) is 25.7 Å². The number of carbonyl (C=O) groups is 1. The molecule has 2 rings (SSSR count). The van der Waals surface area contributed by atoms with Gasteiger partial charge in [0.25, 0.3) is 0 Å². The average molecular weight is 195 g/mol. The number of Topliss-reactive ketones (excluding diaryl/α,β-unsaturated/α-hetero) is 1. The molecule has 0 spiro atoms. The monoisotopic (exact) mass is 195 g/mol. The van der Waals surface area contributed by atoms with Crippen LogP contribution in [0.4, 0.5) is 0 Å². The van der Waals surface area contributed by atoms with Crippen LogP contribution in [0.5, 0.6) is 0 Å². The van der Waals surface area contributed by atoms with E-state index >= 15 is 0 Å². The van der Waals surface area contributed by atoms with Gasteiger partial charge in [-0.25, -0.2) is 0 Å². The Morgan fingerprint density at radius 1 is 1.07 bits per heavy atom. The normalized spacial score (nSPS) is 32.9. The Hall–Kier alpha value is -0.370. The molecule has 80 valence electrons. The maximum Gasteiger partial charge on any atom is 0.137 e. The second kappa shape index (κ2) is 4.01. The molecule has 0 aliphatic heterocycles. The van der Waals surface area contributed by atoms with Crippen molar-refractivity contribution >= 4 is 5.78 Å². The molecule has 0 amide bonds. The van der Waals surface area contributed by atoms with E-state index in [0.29, 0.717) is 5.78 Å². The zero-order valence-electron chi connectivity index (χ0n) is 8.93. The van der Waals surface area contributed by atoms with Crippen LogP contribution in [0, 0.1) is 5.92 Å². The highest BCUT2D eigenvalue weighted by atomic mass is 16.1. The van der Waals surface area contributed by atoms with Crippen molar-refractivity contribution in [2.75, 3.05) is 0 Å². The fourth-order valence-corrected chi connectivity index (χ4v) is 3.15. The Morgan fingerprint density at radius 2 is 1.79 bits per heavy atom. The van der Waals surface area contributed by atoms with E-state index in [1.165, 1.54) is 25.7 Å². The lowest BCUT2D eigenvalue weighted by Crippen LogP contribution is -2.52. The van der Waals surface area contributed by atoms with Gasteiger partial charge in [0.05, 0.1) is 0 Å². The summed E-state index contributed by atoms with van der Waals surface area (Å²) in [7, 11) is 0. The van der Waals surface area contributed by atoms with Gasteiger partial charge in [0.1, 0.15) is 5.78 Å². The summed E-state index contributed by atoms with van der Waals surface area (Å²) in [4.78, 5) is 11.8. The molecule has 0 saturated heterocycles. The molecule has 0 aromatic carbocycles. The molecular formula is C12H21NO. The van der Waals surface area contributed by atoms with Crippen molar-refractivity contribution in [1.29, 1.82) is 0 Å². The molecule has 14 heavy (non-hydrogen) atoms. The smallest absolute Gasteiger partial charge is 0.137 e. The Kier molecular flexibility index (Phi) is 2.91. The summed E-state index contributed by atoms with van der Waals surface area (Å²) in [5, 5.41) is 0. The van der Waals surface area contributed by atoms with E-state index in [2.05, 4.69) is 0 Å². The number of nitrogens with two attached hydrogens (primary N) is 1. The fourth-order valence-electron chi connectivity index (χ4n) is 3.15. The van der Waals surface area contributed by atoms with E-state index in [4.69, 9.17) is 5.73 Å². The average Bonchev–Trinajstić information content (AvgIpc) is 2.19. The van der Waals surface area contributed by atoms with E-state index in [-0.39, 0.29) is 11.5 Å². The van der Waals surface area contributed by atoms with Crippen molar-refractivity contribution in [3.63, 3.8) is 0 Å². The van der Waals surface area contributed by atoms with Crippen LogP contribution < -0.4 is 5.73 Å². The third-order valence-corrected chi connectivity index (χ3v) is 4.03. The summed E-state index contributed by atoms with van der Waals surface area (Å²) in [6.07, 6.45) is 10.0. The van der Waals surface area contributed by atoms with Crippen LogP contribution in [0.1, 0.15) is 57.8 Å². The van der Waals surface area contributed by atoms with Crippen molar-refractivity contribution < 1.29 is 4.79 Å². The molecule has 2 aliphatic rings. The lowest BCUT2D eigenvalue weighted by atomic mass is 9.67. The van der Waals surface area contributed by atoms with Crippen molar-refractivity contribution in [2.45, 2.75) is 63.3 Å². The highest BCUT2D eigenvalue weighted by Crippen LogP contribution is 2.38. The first-order valence-electron chi connectivity index (χ1n) is 6.04. The molecule has 2 nitrogen and oxygen atoms in total. The fraction of sp³-hybridized carbons (Fsp3) is 0.917. The third-order valence-electron chi connectivity index (χ3n) is 4.03. The van der Waals surface area contributed by atoms with Gasteiger partial charge in [0.2, 0.25) is 0 Å². The SMILES string of the molecule is NC1(C2CCCCC2=O)CCCCC1. The molecule has 2 heteroatoms. The molecule has 2 aliphatic carbocycles. The predicted molar refractivity (Wildman–Crippen MR) is 57.0 cm³/mol. The second-order valence-corrected chi connectivity index (χ2v) is 5.06. The minimum absolute atomic E-state index is 0.129. The number of hydrogen-bond donors (Lipinski definition) is 1. The van der Waals surface area contributed by atoms with E-state index in [1.807, 2.05) is 0 Å². The van der Waals surface area contributed by atoms with Crippen molar-refractivity contribution in [2.24, 2.45) is 11.7 Å². The summed E-state index contributed by atoms with van der Waals surface area (Å²) >= 11 is 0. The molecule has 0 heterocycles. The lowest BCUT2D eigenvalue weighted by molar-refractivity contribution is -0.127. The highest BCUT2D eigenvalue weighted by Gasteiger charge is 2.40. The van der Waals surface area contributed by atoms with Gasteiger partial charge in [0, 0.05) is 17.9 Å². The first-order valence-corrected chi connectivity index (χ1v) is 6.04. The molecular weight excluding hydrogens is 174 g/mol. The molecule has 2 fully saturated rings. The quantitative estimate of drug-likeness (QED) is 0.698. The number of carbonyl (C=O) groups excluding carboxylic acids is 1. The van der Waals surface area contributed by atoms with Crippen LogP contribution >= 0.6 is 0 Å². The van der Waals surface area contributed by atoms with Crippen LogP contribution in [0.15, 0.2) is 0 Å². The zero-order valence-corrected chi connectivity index (χ0v) is 8.93. The first kappa shape index (κ1) is 10.2. The summed E-state index contributed by atoms with van der Waals surface area (Å²) < 4.78 is 0. The van der Waals surface area contributed by atoms with Gasteiger partial charge in [0.15, 0.2) is 0 Å². The molecule has 0 bridgehead atoms. The van der Waals surface area contributed by atoms with Crippen molar-refractivity contribution in [3.05, 3.63) is 0 Å². The molecule has 2 saturated carbocycles. The number of hydrogen-bond acceptors (Lipinski definition) is 2. The molecule has 2 N–H and O–H groups in total. The molecule has 0 aromatic rings. The van der Waals surface area contributed by atoms with E-state index < -0.39 is 0 Å². The molecule has 1 unspecified atom stereocenters. The van der Waals surface area contributed by atoms with Crippen LogP contribution in [0.25, 0.3) is 0 Å². The van der Waals surface area contributed by atoms with Crippen molar-refractivity contribution in [3.8, 4) is 0 Å². The minimum Gasteiger partial charge on any atom is -0.324 e.